The zero-order valence-electron chi connectivity index (χ0n) is 15.6. The van der Waals surface area contributed by atoms with Crippen LogP contribution < -0.4 is 15.4 Å². The molecule has 134 valence electrons. The summed E-state index contributed by atoms with van der Waals surface area (Å²) in [7, 11) is 1.66. The van der Waals surface area contributed by atoms with Crippen molar-refractivity contribution in [3.63, 3.8) is 0 Å². The largest absolute Gasteiger partial charge is 0.497 e. The number of rotatable bonds is 7. The van der Waals surface area contributed by atoms with Gasteiger partial charge in [-0.25, -0.2) is 4.79 Å². The van der Waals surface area contributed by atoms with Crippen LogP contribution in [0.4, 0.5) is 10.5 Å². The summed E-state index contributed by atoms with van der Waals surface area (Å²) in [6.07, 6.45) is 2.53. The smallest absolute Gasteiger partial charge is 0.319 e. The van der Waals surface area contributed by atoms with Gasteiger partial charge in [-0.3, -0.25) is 0 Å². The SMILES string of the molecule is CCc1cccc(CC)c1NC(=O)NC(C)Cc1cccc(OC)c1. The van der Waals surface area contributed by atoms with E-state index in [0.717, 1.165) is 47.4 Å². The van der Waals surface area contributed by atoms with Gasteiger partial charge in [-0.2, -0.15) is 0 Å². The Kier molecular flexibility index (Phi) is 6.87. The molecule has 0 fully saturated rings. The number of ether oxygens (including phenoxy) is 1. The van der Waals surface area contributed by atoms with E-state index in [1.54, 1.807) is 7.11 Å². The van der Waals surface area contributed by atoms with Crippen LogP contribution in [0, 0.1) is 0 Å². The highest BCUT2D eigenvalue weighted by molar-refractivity contribution is 5.91. The van der Waals surface area contributed by atoms with E-state index in [4.69, 9.17) is 4.74 Å². The van der Waals surface area contributed by atoms with Crippen molar-refractivity contribution in [1.82, 2.24) is 5.32 Å². The van der Waals surface area contributed by atoms with Gasteiger partial charge in [0.1, 0.15) is 5.75 Å². The van der Waals surface area contributed by atoms with Gasteiger partial charge in [0.2, 0.25) is 0 Å². The lowest BCUT2D eigenvalue weighted by Crippen LogP contribution is -2.37. The molecule has 2 aromatic carbocycles. The number of para-hydroxylation sites is 1. The molecule has 0 aromatic heterocycles. The number of nitrogens with one attached hydrogen (secondary N) is 2. The van der Waals surface area contributed by atoms with Crippen molar-refractivity contribution < 1.29 is 9.53 Å². The minimum atomic E-state index is -0.161. The van der Waals surface area contributed by atoms with E-state index in [9.17, 15) is 4.79 Å². The third kappa shape index (κ3) is 5.24. The van der Waals surface area contributed by atoms with E-state index in [0.29, 0.717) is 0 Å². The molecule has 0 spiro atoms. The third-order valence-corrected chi connectivity index (χ3v) is 4.29. The first-order valence-corrected chi connectivity index (χ1v) is 8.88. The standard InChI is InChI=1S/C21H28N2O2/c1-5-17-10-8-11-18(6-2)20(17)23-21(24)22-15(3)13-16-9-7-12-19(14-16)25-4/h7-12,14-15H,5-6,13H2,1-4H3,(H2,22,23,24). The number of carbonyl (C=O) groups excluding carboxylic acids is 1. The minimum Gasteiger partial charge on any atom is -0.497 e. The molecule has 0 saturated carbocycles. The summed E-state index contributed by atoms with van der Waals surface area (Å²) < 4.78 is 5.25. The summed E-state index contributed by atoms with van der Waals surface area (Å²) in [5.74, 6) is 0.832. The molecule has 0 aliphatic heterocycles. The van der Waals surface area contributed by atoms with Crippen LogP contribution in [0.3, 0.4) is 0 Å². The number of amides is 2. The van der Waals surface area contributed by atoms with Crippen LogP contribution in [0.15, 0.2) is 42.5 Å². The van der Waals surface area contributed by atoms with Gasteiger partial charge in [-0.15, -0.1) is 0 Å². The van der Waals surface area contributed by atoms with Crippen molar-refractivity contribution in [2.75, 3.05) is 12.4 Å². The van der Waals surface area contributed by atoms with Crippen LogP contribution in [-0.4, -0.2) is 19.2 Å². The number of urea groups is 1. The number of methoxy groups -OCH3 is 1. The molecule has 0 aliphatic carbocycles. The second-order valence-corrected chi connectivity index (χ2v) is 6.21. The fourth-order valence-electron chi connectivity index (χ4n) is 2.98. The van der Waals surface area contributed by atoms with E-state index in [1.165, 1.54) is 0 Å². The van der Waals surface area contributed by atoms with Crippen LogP contribution in [0.5, 0.6) is 5.75 Å². The monoisotopic (exact) mass is 340 g/mol. The van der Waals surface area contributed by atoms with Crippen molar-refractivity contribution in [3.05, 3.63) is 59.2 Å². The van der Waals surface area contributed by atoms with E-state index in [2.05, 4.69) is 36.6 Å². The van der Waals surface area contributed by atoms with Gasteiger partial charge in [0.15, 0.2) is 0 Å². The predicted molar refractivity (Wildman–Crippen MR) is 104 cm³/mol. The van der Waals surface area contributed by atoms with Gasteiger partial charge in [0.05, 0.1) is 7.11 Å². The second kappa shape index (κ2) is 9.11. The first-order valence-electron chi connectivity index (χ1n) is 8.88. The number of hydrogen-bond donors (Lipinski definition) is 2. The number of carbonyl (C=O) groups is 1. The van der Waals surface area contributed by atoms with Crippen LogP contribution in [0.2, 0.25) is 0 Å². The molecule has 2 aromatic rings. The molecular formula is C21H28N2O2. The summed E-state index contributed by atoms with van der Waals surface area (Å²) in [5.41, 5.74) is 4.40. The Labute approximate surface area is 150 Å². The Bertz CT molecular complexity index is 691. The molecule has 0 radical (unpaired) electrons. The van der Waals surface area contributed by atoms with Crippen molar-refractivity contribution in [2.24, 2.45) is 0 Å². The molecule has 2 rings (SSSR count). The summed E-state index contributed by atoms with van der Waals surface area (Å²) in [4.78, 5) is 12.4. The molecule has 0 saturated heterocycles. The zero-order valence-corrected chi connectivity index (χ0v) is 15.6. The molecule has 1 unspecified atom stereocenters. The number of aryl methyl sites for hydroxylation is 2. The second-order valence-electron chi connectivity index (χ2n) is 6.21. The average Bonchev–Trinajstić information content (AvgIpc) is 2.61. The van der Waals surface area contributed by atoms with Crippen LogP contribution in [0.25, 0.3) is 0 Å². The lowest BCUT2D eigenvalue weighted by molar-refractivity contribution is 0.249. The maximum Gasteiger partial charge on any atom is 0.319 e. The van der Waals surface area contributed by atoms with Gasteiger partial charge in [0.25, 0.3) is 0 Å². The minimum absolute atomic E-state index is 0.0194. The molecule has 0 heterocycles. The van der Waals surface area contributed by atoms with E-state index in [1.807, 2.05) is 37.3 Å². The first kappa shape index (κ1) is 18.8. The molecule has 25 heavy (non-hydrogen) atoms. The van der Waals surface area contributed by atoms with Crippen molar-refractivity contribution in [1.29, 1.82) is 0 Å². The Morgan fingerprint density at radius 3 is 2.32 bits per heavy atom. The van der Waals surface area contributed by atoms with Crippen molar-refractivity contribution >= 4 is 11.7 Å². The summed E-state index contributed by atoms with van der Waals surface area (Å²) in [5, 5.41) is 6.07. The summed E-state index contributed by atoms with van der Waals surface area (Å²) in [6, 6.07) is 14.0. The van der Waals surface area contributed by atoms with Crippen molar-refractivity contribution in [2.45, 2.75) is 46.1 Å². The van der Waals surface area contributed by atoms with E-state index < -0.39 is 0 Å². The summed E-state index contributed by atoms with van der Waals surface area (Å²) in [6.45, 7) is 6.21. The topological polar surface area (TPSA) is 50.4 Å². The molecule has 2 N–H and O–H groups in total. The molecule has 4 nitrogen and oxygen atoms in total. The van der Waals surface area contributed by atoms with Crippen LogP contribution in [-0.2, 0) is 19.3 Å². The van der Waals surface area contributed by atoms with Gasteiger partial charge in [0, 0.05) is 11.7 Å². The molecule has 0 bridgehead atoms. The van der Waals surface area contributed by atoms with Gasteiger partial charge < -0.3 is 15.4 Å². The fraction of sp³-hybridized carbons (Fsp3) is 0.381. The Balaban J connectivity index is 2.00. The number of benzene rings is 2. The normalized spacial score (nSPS) is 11.7. The maximum atomic E-state index is 12.4. The van der Waals surface area contributed by atoms with E-state index >= 15 is 0 Å². The Morgan fingerprint density at radius 1 is 1.08 bits per heavy atom. The molecule has 2 amide bonds. The fourth-order valence-corrected chi connectivity index (χ4v) is 2.98. The lowest BCUT2D eigenvalue weighted by atomic mass is 10.0. The van der Waals surface area contributed by atoms with Crippen molar-refractivity contribution in [3.8, 4) is 5.75 Å². The number of hydrogen-bond acceptors (Lipinski definition) is 2. The van der Waals surface area contributed by atoms with Crippen LogP contribution in [0.1, 0.15) is 37.5 Å². The highest BCUT2D eigenvalue weighted by Crippen LogP contribution is 2.22. The van der Waals surface area contributed by atoms with Crippen LogP contribution >= 0.6 is 0 Å². The Hall–Kier alpha value is -2.49. The Morgan fingerprint density at radius 2 is 1.72 bits per heavy atom. The maximum absolute atomic E-state index is 12.4. The lowest BCUT2D eigenvalue weighted by Gasteiger charge is -2.18. The molecular weight excluding hydrogens is 312 g/mol. The van der Waals surface area contributed by atoms with Gasteiger partial charge >= 0.3 is 6.03 Å². The predicted octanol–water partition coefficient (Wildman–Crippen LogP) is 4.57. The molecule has 4 heteroatoms. The third-order valence-electron chi connectivity index (χ3n) is 4.29. The highest BCUT2D eigenvalue weighted by atomic mass is 16.5. The first-order chi connectivity index (χ1) is 12.1. The molecule has 0 aliphatic rings. The van der Waals surface area contributed by atoms with Gasteiger partial charge in [-0.05, 0) is 55.0 Å². The number of anilines is 1. The molecule has 1 atom stereocenters. The van der Waals surface area contributed by atoms with E-state index in [-0.39, 0.29) is 12.1 Å². The quantitative estimate of drug-likeness (QED) is 0.775. The zero-order chi connectivity index (χ0) is 18.2. The summed E-state index contributed by atoms with van der Waals surface area (Å²) >= 11 is 0. The van der Waals surface area contributed by atoms with Gasteiger partial charge in [-0.1, -0.05) is 44.2 Å². The average molecular weight is 340 g/mol. The highest BCUT2D eigenvalue weighted by Gasteiger charge is 2.12.